The smallest absolute Gasteiger partial charge is 0.164 e. The Morgan fingerprint density at radius 2 is 1.02 bits per heavy atom. The first-order chi connectivity index (χ1) is 23.8. The molecule has 244 valence electrons. The van der Waals surface area contributed by atoms with E-state index in [0.29, 0.717) is 33.0 Å². The van der Waals surface area contributed by atoms with Crippen molar-refractivity contribution in [3.05, 3.63) is 174 Å². The van der Waals surface area contributed by atoms with Crippen LogP contribution in [0.3, 0.4) is 0 Å². The molecule has 0 unspecified atom stereocenters. The van der Waals surface area contributed by atoms with Crippen LogP contribution in [-0.2, 0) is 50.1 Å². The standard InChI is InChI=1S/C41H40N2O5/c1-5-14-31(15-6-1)26-44-30-36-37(45-27-32-16-7-2-8-17-32)38(46-28-33-18-9-3-10-19-33)39(47-29-34-20-11-4-12-21-34)41(48-36)43-25-23-35-22-13-24-42-40(35)43/h1-25,36-39,41H,26-30H2/t36-,37-,38+,39-,41-/m1/s1. The van der Waals surface area contributed by atoms with Gasteiger partial charge in [-0.3, -0.25) is 0 Å². The molecule has 0 aliphatic carbocycles. The Balaban J connectivity index is 1.25. The molecule has 1 aliphatic heterocycles. The first kappa shape index (κ1) is 31.9. The molecule has 1 saturated heterocycles. The van der Waals surface area contributed by atoms with E-state index >= 15 is 0 Å². The first-order valence-corrected chi connectivity index (χ1v) is 16.5. The van der Waals surface area contributed by atoms with Gasteiger partial charge in [0.05, 0.1) is 33.0 Å². The third kappa shape index (κ3) is 7.90. The number of pyridine rings is 1. The number of nitrogens with zero attached hydrogens (tertiary/aromatic N) is 2. The van der Waals surface area contributed by atoms with Gasteiger partial charge in [0.15, 0.2) is 6.23 Å². The minimum Gasteiger partial charge on any atom is -0.374 e. The van der Waals surface area contributed by atoms with Gasteiger partial charge in [-0.2, -0.15) is 0 Å². The summed E-state index contributed by atoms with van der Waals surface area (Å²) in [5, 5.41) is 1.02. The van der Waals surface area contributed by atoms with E-state index in [-0.39, 0.29) is 0 Å². The Labute approximate surface area is 281 Å². The summed E-state index contributed by atoms with van der Waals surface area (Å²) in [6.07, 6.45) is 1.22. The Morgan fingerprint density at radius 1 is 0.521 bits per heavy atom. The summed E-state index contributed by atoms with van der Waals surface area (Å²) in [6.45, 7) is 1.91. The number of ether oxygens (including phenoxy) is 5. The third-order valence-corrected chi connectivity index (χ3v) is 8.61. The summed E-state index contributed by atoms with van der Waals surface area (Å²) in [4.78, 5) is 4.73. The van der Waals surface area contributed by atoms with Gasteiger partial charge in [-0.05, 0) is 40.5 Å². The second kappa shape index (κ2) is 16.0. The fraction of sp³-hybridized carbons (Fsp3) is 0.244. The van der Waals surface area contributed by atoms with Crippen LogP contribution in [0.25, 0.3) is 11.0 Å². The topological polar surface area (TPSA) is 64.0 Å². The maximum absolute atomic E-state index is 7.03. The van der Waals surface area contributed by atoms with E-state index in [1.807, 2.05) is 85.1 Å². The molecule has 0 amide bonds. The van der Waals surface area contributed by atoms with Gasteiger partial charge in [0.1, 0.15) is 30.1 Å². The zero-order valence-electron chi connectivity index (χ0n) is 26.8. The number of rotatable bonds is 14. The fourth-order valence-corrected chi connectivity index (χ4v) is 6.18. The van der Waals surface area contributed by atoms with E-state index in [1.54, 1.807) is 6.20 Å². The SMILES string of the molecule is c1ccc(COC[C@H]2O[C@@H](n3ccc4cccnc43)[C@H](OCc3ccccc3)[C@@H](OCc3ccccc3)[C@@H]2OCc2ccccc2)cc1. The highest BCUT2D eigenvalue weighted by atomic mass is 16.6. The van der Waals surface area contributed by atoms with Crippen molar-refractivity contribution in [2.45, 2.75) is 57.1 Å². The Kier molecular flexibility index (Phi) is 10.6. The molecule has 7 nitrogen and oxygen atoms in total. The number of fused-ring (bicyclic) bond motifs is 1. The lowest BCUT2D eigenvalue weighted by molar-refractivity contribution is -0.289. The summed E-state index contributed by atoms with van der Waals surface area (Å²) in [5.74, 6) is 0. The molecule has 6 aromatic rings. The molecule has 7 rings (SSSR count). The monoisotopic (exact) mass is 640 g/mol. The second-order valence-electron chi connectivity index (χ2n) is 12.0. The summed E-state index contributed by atoms with van der Waals surface area (Å²) in [5.41, 5.74) is 5.09. The molecule has 0 spiro atoms. The third-order valence-electron chi connectivity index (χ3n) is 8.61. The van der Waals surface area contributed by atoms with Crippen molar-refractivity contribution >= 4 is 11.0 Å². The van der Waals surface area contributed by atoms with E-state index in [9.17, 15) is 0 Å². The van der Waals surface area contributed by atoms with Gasteiger partial charge in [0.25, 0.3) is 0 Å². The molecule has 7 heteroatoms. The van der Waals surface area contributed by atoms with E-state index in [4.69, 9.17) is 28.7 Å². The van der Waals surface area contributed by atoms with Crippen molar-refractivity contribution in [3.63, 3.8) is 0 Å². The summed E-state index contributed by atoms with van der Waals surface area (Å²) in [6, 6.07) is 46.8. The lowest BCUT2D eigenvalue weighted by Gasteiger charge is -2.46. The lowest BCUT2D eigenvalue weighted by atomic mass is 9.96. The second-order valence-corrected chi connectivity index (χ2v) is 12.0. The molecule has 2 aromatic heterocycles. The summed E-state index contributed by atoms with van der Waals surface area (Å²) >= 11 is 0. The van der Waals surface area contributed by atoms with Crippen molar-refractivity contribution in [3.8, 4) is 0 Å². The molecular formula is C41H40N2O5. The van der Waals surface area contributed by atoms with Gasteiger partial charge >= 0.3 is 0 Å². The van der Waals surface area contributed by atoms with Gasteiger partial charge in [-0.1, -0.05) is 121 Å². The van der Waals surface area contributed by atoms with Crippen LogP contribution in [-0.4, -0.2) is 40.6 Å². The zero-order valence-corrected chi connectivity index (χ0v) is 26.8. The van der Waals surface area contributed by atoms with Gasteiger partial charge in [0.2, 0.25) is 0 Å². The largest absolute Gasteiger partial charge is 0.374 e. The highest BCUT2D eigenvalue weighted by Gasteiger charge is 2.49. The molecule has 1 aliphatic rings. The fourth-order valence-electron chi connectivity index (χ4n) is 6.18. The number of benzene rings is 4. The average molecular weight is 641 g/mol. The Bertz CT molecular complexity index is 1820. The van der Waals surface area contributed by atoms with Crippen molar-refractivity contribution < 1.29 is 23.7 Å². The number of aromatic nitrogens is 2. The molecule has 0 bridgehead atoms. The zero-order chi connectivity index (χ0) is 32.4. The van der Waals surface area contributed by atoms with Crippen LogP contribution in [0, 0.1) is 0 Å². The highest BCUT2D eigenvalue weighted by molar-refractivity contribution is 5.75. The van der Waals surface area contributed by atoms with E-state index in [0.717, 1.165) is 33.3 Å². The molecule has 0 N–H and O–H groups in total. The predicted octanol–water partition coefficient (Wildman–Crippen LogP) is 7.91. The lowest BCUT2D eigenvalue weighted by Crippen LogP contribution is -2.59. The molecule has 48 heavy (non-hydrogen) atoms. The van der Waals surface area contributed by atoms with E-state index in [2.05, 4.69) is 65.2 Å². The van der Waals surface area contributed by atoms with Gasteiger partial charge in [-0.25, -0.2) is 4.98 Å². The summed E-state index contributed by atoms with van der Waals surface area (Å²) < 4.78 is 35.9. The molecular weight excluding hydrogens is 600 g/mol. The molecule has 3 heterocycles. The summed E-state index contributed by atoms with van der Waals surface area (Å²) in [7, 11) is 0. The van der Waals surface area contributed by atoms with Gasteiger partial charge in [0, 0.05) is 17.8 Å². The van der Waals surface area contributed by atoms with Crippen molar-refractivity contribution in [2.75, 3.05) is 6.61 Å². The molecule has 0 radical (unpaired) electrons. The van der Waals surface area contributed by atoms with Crippen LogP contribution in [0.4, 0.5) is 0 Å². The van der Waals surface area contributed by atoms with Crippen LogP contribution in [0.5, 0.6) is 0 Å². The number of hydrogen-bond donors (Lipinski definition) is 0. The van der Waals surface area contributed by atoms with E-state index < -0.39 is 30.6 Å². The maximum Gasteiger partial charge on any atom is 0.164 e. The van der Waals surface area contributed by atoms with Crippen LogP contribution >= 0.6 is 0 Å². The quantitative estimate of drug-likeness (QED) is 0.121. The van der Waals surface area contributed by atoms with Crippen molar-refractivity contribution in [1.29, 1.82) is 0 Å². The first-order valence-electron chi connectivity index (χ1n) is 16.5. The van der Waals surface area contributed by atoms with Crippen LogP contribution in [0.15, 0.2) is 152 Å². The average Bonchev–Trinajstić information content (AvgIpc) is 3.58. The molecule has 5 atom stereocenters. The van der Waals surface area contributed by atoms with Gasteiger partial charge < -0.3 is 28.3 Å². The molecule has 4 aromatic carbocycles. The normalized spacial score (nSPS) is 21.0. The van der Waals surface area contributed by atoms with Crippen LogP contribution in [0.1, 0.15) is 28.5 Å². The number of hydrogen-bond acceptors (Lipinski definition) is 6. The Morgan fingerprint density at radius 3 is 1.58 bits per heavy atom. The maximum atomic E-state index is 7.03. The van der Waals surface area contributed by atoms with Gasteiger partial charge in [-0.15, -0.1) is 0 Å². The molecule has 0 saturated carbocycles. The Hall–Kier alpha value is -4.63. The van der Waals surface area contributed by atoms with Crippen LogP contribution in [0.2, 0.25) is 0 Å². The highest BCUT2D eigenvalue weighted by Crippen LogP contribution is 2.37. The van der Waals surface area contributed by atoms with E-state index in [1.165, 1.54) is 0 Å². The van der Waals surface area contributed by atoms with Crippen LogP contribution < -0.4 is 0 Å². The minimum atomic E-state index is -0.566. The molecule has 1 fully saturated rings. The van der Waals surface area contributed by atoms with Crippen molar-refractivity contribution in [1.82, 2.24) is 9.55 Å². The van der Waals surface area contributed by atoms with Crippen molar-refractivity contribution in [2.24, 2.45) is 0 Å². The minimum absolute atomic E-state index is 0.300. The predicted molar refractivity (Wildman–Crippen MR) is 185 cm³/mol.